The first-order chi connectivity index (χ1) is 7.27. The zero-order chi connectivity index (χ0) is 10.7. The smallest absolute Gasteiger partial charge is 0.0575 e. The quantitative estimate of drug-likeness (QED) is 0.899. The molecule has 0 amide bonds. The Labute approximate surface area is 116 Å². The van der Waals surface area contributed by atoms with Crippen LogP contribution < -0.4 is 5.32 Å². The molecule has 3 nitrogen and oxygen atoms in total. The Hall–Kier alpha value is -0.350. The minimum atomic E-state index is 0. The second kappa shape index (κ2) is 7.88. The summed E-state index contributed by atoms with van der Waals surface area (Å²) in [5.74, 6) is 0. The molecule has 0 saturated carbocycles. The summed E-state index contributed by atoms with van der Waals surface area (Å²) < 4.78 is 0. The van der Waals surface area contributed by atoms with Crippen LogP contribution in [0.3, 0.4) is 0 Å². The lowest BCUT2D eigenvalue weighted by Gasteiger charge is -2.32. The number of hydrogen-bond acceptors (Lipinski definition) is 3. The van der Waals surface area contributed by atoms with Gasteiger partial charge in [-0.25, -0.2) is 0 Å². The van der Waals surface area contributed by atoms with Gasteiger partial charge in [0, 0.05) is 37.9 Å². The summed E-state index contributed by atoms with van der Waals surface area (Å²) in [5.41, 5.74) is 2.30. The maximum absolute atomic E-state index is 4.59. The molecule has 17 heavy (non-hydrogen) atoms. The fourth-order valence-corrected chi connectivity index (χ4v) is 2.05. The first kappa shape index (κ1) is 16.6. The Balaban J connectivity index is 0.00000128. The Morgan fingerprint density at radius 1 is 1.24 bits per heavy atom. The molecule has 1 aromatic rings. The van der Waals surface area contributed by atoms with E-state index in [-0.39, 0.29) is 24.8 Å². The third-order valence-corrected chi connectivity index (χ3v) is 3.04. The van der Waals surface area contributed by atoms with E-state index in [0.29, 0.717) is 6.04 Å². The van der Waals surface area contributed by atoms with Crippen molar-refractivity contribution in [3.63, 3.8) is 0 Å². The van der Waals surface area contributed by atoms with E-state index in [2.05, 4.69) is 34.3 Å². The molecule has 2 rings (SSSR count). The number of pyridine rings is 1. The van der Waals surface area contributed by atoms with Crippen molar-refractivity contribution in [2.45, 2.75) is 19.9 Å². The van der Waals surface area contributed by atoms with E-state index in [1.807, 2.05) is 13.0 Å². The number of nitrogens with zero attached hydrogens (tertiary/aromatic N) is 2. The van der Waals surface area contributed by atoms with Crippen molar-refractivity contribution in [1.82, 2.24) is 15.2 Å². The summed E-state index contributed by atoms with van der Waals surface area (Å²) in [4.78, 5) is 7.07. The predicted octanol–water partition coefficient (Wildman–Crippen LogP) is 2.20. The van der Waals surface area contributed by atoms with Crippen molar-refractivity contribution in [2.24, 2.45) is 0 Å². The molecule has 1 aliphatic rings. The molecule has 1 fully saturated rings. The Kier molecular flexibility index (Phi) is 7.71. The number of halogens is 2. The molecule has 98 valence electrons. The first-order valence-electron chi connectivity index (χ1n) is 5.66. The highest BCUT2D eigenvalue weighted by molar-refractivity contribution is 5.85. The van der Waals surface area contributed by atoms with Crippen LogP contribution >= 0.6 is 24.8 Å². The molecular weight excluding hydrogens is 257 g/mol. The van der Waals surface area contributed by atoms with E-state index >= 15 is 0 Å². The minimum Gasteiger partial charge on any atom is -0.314 e. The normalized spacial score (nSPS) is 17.8. The fourth-order valence-electron chi connectivity index (χ4n) is 2.05. The van der Waals surface area contributed by atoms with Crippen molar-refractivity contribution in [1.29, 1.82) is 0 Å². The van der Waals surface area contributed by atoms with Crippen LogP contribution in [0.2, 0.25) is 0 Å². The van der Waals surface area contributed by atoms with Gasteiger partial charge in [0.25, 0.3) is 0 Å². The molecule has 0 aliphatic carbocycles. The summed E-state index contributed by atoms with van der Waals surface area (Å²) in [6, 6.07) is 6.70. The Morgan fingerprint density at radius 3 is 2.47 bits per heavy atom. The molecule has 0 radical (unpaired) electrons. The van der Waals surface area contributed by atoms with Crippen LogP contribution in [0.5, 0.6) is 0 Å². The van der Waals surface area contributed by atoms with E-state index < -0.39 is 0 Å². The monoisotopic (exact) mass is 277 g/mol. The zero-order valence-corrected chi connectivity index (χ0v) is 12.0. The summed E-state index contributed by atoms with van der Waals surface area (Å²) in [7, 11) is 0. The molecule has 0 bridgehead atoms. The van der Waals surface area contributed by atoms with Gasteiger partial charge in [-0.1, -0.05) is 6.07 Å². The van der Waals surface area contributed by atoms with Crippen molar-refractivity contribution >= 4 is 24.8 Å². The van der Waals surface area contributed by atoms with Crippen LogP contribution in [0.4, 0.5) is 0 Å². The zero-order valence-electron chi connectivity index (χ0n) is 10.3. The van der Waals surface area contributed by atoms with Gasteiger partial charge >= 0.3 is 0 Å². The van der Waals surface area contributed by atoms with Gasteiger partial charge in [-0.15, -0.1) is 24.8 Å². The van der Waals surface area contributed by atoms with Crippen LogP contribution in [0.1, 0.15) is 24.4 Å². The van der Waals surface area contributed by atoms with Gasteiger partial charge in [-0.2, -0.15) is 0 Å². The minimum absolute atomic E-state index is 0. The topological polar surface area (TPSA) is 28.2 Å². The number of nitrogens with one attached hydrogen (secondary N) is 1. The largest absolute Gasteiger partial charge is 0.314 e. The van der Waals surface area contributed by atoms with Gasteiger partial charge in [0.2, 0.25) is 0 Å². The van der Waals surface area contributed by atoms with E-state index in [1.165, 1.54) is 5.69 Å². The van der Waals surface area contributed by atoms with Crippen LogP contribution in [0.25, 0.3) is 0 Å². The molecule has 1 N–H and O–H groups in total. The SMILES string of the molecule is Cc1cccc([C@H](C)N2CCNCC2)n1.Cl.Cl. The van der Waals surface area contributed by atoms with Crippen molar-refractivity contribution in [2.75, 3.05) is 26.2 Å². The van der Waals surface area contributed by atoms with Gasteiger partial charge < -0.3 is 5.32 Å². The molecule has 1 atom stereocenters. The van der Waals surface area contributed by atoms with Gasteiger partial charge in [0.05, 0.1) is 5.69 Å². The number of piperazine rings is 1. The van der Waals surface area contributed by atoms with E-state index in [0.717, 1.165) is 31.9 Å². The number of aryl methyl sites for hydroxylation is 1. The second-order valence-corrected chi connectivity index (χ2v) is 4.17. The average molecular weight is 278 g/mol. The van der Waals surface area contributed by atoms with Gasteiger partial charge in [-0.05, 0) is 26.0 Å². The number of aromatic nitrogens is 1. The van der Waals surface area contributed by atoms with Crippen molar-refractivity contribution in [3.8, 4) is 0 Å². The molecule has 0 spiro atoms. The fraction of sp³-hybridized carbons (Fsp3) is 0.583. The molecule has 1 aliphatic heterocycles. The number of hydrogen-bond donors (Lipinski definition) is 1. The van der Waals surface area contributed by atoms with E-state index in [1.54, 1.807) is 0 Å². The first-order valence-corrected chi connectivity index (χ1v) is 5.66. The summed E-state index contributed by atoms with van der Waals surface area (Å²) in [6.45, 7) is 8.72. The molecule has 0 aromatic carbocycles. The third-order valence-electron chi connectivity index (χ3n) is 3.04. The summed E-state index contributed by atoms with van der Waals surface area (Å²) >= 11 is 0. The van der Waals surface area contributed by atoms with Crippen LogP contribution in [0.15, 0.2) is 18.2 Å². The van der Waals surface area contributed by atoms with E-state index in [4.69, 9.17) is 0 Å². The maximum atomic E-state index is 4.59. The third kappa shape index (κ3) is 4.43. The summed E-state index contributed by atoms with van der Waals surface area (Å²) in [6.07, 6.45) is 0. The lowest BCUT2D eigenvalue weighted by Crippen LogP contribution is -2.44. The Morgan fingerprint density at radius 2 is 1.88 bits per heavy atom. The van der Waals surface area contributed by atoms with Crippen LogP contribution in [-0.2, 0) is 0 Å². The summed E-state index contributed by atoms with van der Waals surface area (Å²) in [5, 5.41) is 3.37. The highest BCUT2D eigenvalue weighted by Crippen LogP contribution is 2.18. The highest BCUT2D eigenvalue weighted by Gasteiger charge is 2.18. The number of rotatable bonds is 2. The second-order valence-electron chi connectivity index (χ2n) is 4.17. The predicted molar refractivity (Wildman–Crippen MR) is 76.3 cm³/mol. The lowest BCUT2D eigenvalue weighted by molar-refractivity contribution is 0.182. The van der Waals surface area contributed by atoms with Gasteiger partial charge in [0.1, 0.15) is 0 Å². The van der Waals surface area contributed by atoms with Gasteiger partial charge in [0.15, 0.2) is 0 Å². The Bertz CT molecular complexity index is 327. The van der Waals surface area contributed by atoms with Gasteiger partial charge in [-0.3, -0.25) is 9.88 Å². The molecule has 2 heterocycles. The standard InChI is InChI=1S/C12H19N3.2ClH/c1-10-4-3-5-12(14-10)11(2)15-8-6-13-7-9-15;;/h3-5,11,13H,6-9H2,1-2H3;2*1H/t11-;;/m0../s1. The van der Waals surface area contributed by atoms with Crippen molar-refractivity contribution in [3.05, 3.63) is 29.6 Å². The maximum Gasteiger partial charge on any atom is 0.0575 e. The van der Waals surface area contributed by atoms with Crippen molar-refractivity contribution < 1.29 is 0 Å². The molecule has 5 heteroatoms. The molecule has 1 saturated heterocycles. The molecule has 1 aromatic heterocycles. The van der Waals surface area contributed by atoms with Crippen LogP contribution in [0, 0.1) is 6.92 Å². The average Bonchev–Trinajstić information content (AvgIpc) is 2.29. The lowest BCUT2D eigenvalue weighted by atomic mass is 10.1. The van der Waals surface area contributed by atoms with Crippen LogP contribution in [-0.4, -0.2) is 36.1 Å². The molecular formula is C12H21Cl2N3. The highest BCUT2D eigenvalue weighted by atomic mass is 35.5. The molecule has 0 unspecified atom stereocenters. The van der Waals surface area contributed by atoms with E-state index in [9.17, 15) is 0 Å².